The van der Waals surface area contributed by atoms with E-state index in [4.69, 9.17) is 11.6 Å². The lowest BCUT2D eigenvalue weighted by atomic mass is 9.83. The average Bonchev–Trinajstić information content (AvgIpc) is 2.42. The molecule has 1 aliphatic carbocycles. The predicted octanol–water partition coefficient (Wildman–Crippen LogP) is 1.23. The maximum Gasteiger partial charge on any atom is 0.331 e. The van der Waals surface area contributed by atoms with Crippen LogP contribution in [-0.2, 0) is 13.6 Å². The van der Waals surface area contributed by atoms with Crippen LogP contribution in [0.15, 0.2) is 40.0 Å². The Kier molecular flexibility index (Phi) is 3.45. The van der Waals surface area contributed by atoms with Crippen LogP contribution in [0, 0.1) is 16.7 Å². The second kappa shape index (κ2) is 4.90. The topological polar surface area (TPSA) is 67.8 Å². The third-order valence-electron chi connectivity index (χ3n) is 3.16. The quantitative estimate of drug-likeness (QED) is 0.764. The fourth-order valence-corrected chi connectivity index (χ4v) is 2.19. The first-order chi connectivity index (χ1) is 8.99. The minimum atomic E-state index is -0.806. The summed E-state index contributed by atoms with van der Waals surface area (Å²) in [4.78, 5) is 23.5. The number of aromatic nitrogens is 2. The monoisotopic (exact) mass is 277 g/mol. The molecule has 0 fully saturated rings. The van der Waals surface area contributed by atoms with Crippen molar-refractivity contribution >= 4 is 11.6 Å². The maximum absolute atomic E-state index is 12.0. The van der Waals surface area contributed by atoms with E-state index in [1.165, 1.54) is 17.7 Å². The number of nitrogens with zero attached hydrogens (tertiary/aromatic N) is 3. The van der Waals surface area contributed by atoms with Gasteiger partial charge in [0, 0.05) is 13.1 Å². The minimum absolute atomic E-state index is 0.0469. The normalized spacial score (nSPS) is 21.3. The van der Waals surface area contributed by atoms with Gasteiger partial charge >= 0.3 is 5.69 Å². The zero-order chi connectivity index (χ0) is 14.0. The van der Waals surface area contributed by atoms with Gasteiger partial charge in [-0.25, -0.2) is 4.79 Å². The van der Waals surface area contributed by atoms with Crippen molar-refractivity contribution in [1.82, 2.24) is 9.13 Å². The summed E-state index contributed by atoms with van der Waals surface area (Å²) in [5.74, 6) is 0. The summed E-state index contributed by atoms with van der Waals surface area (Å²) in [6.07, 6.45) is 7.74. The predicted molar refractivity (Wildman–Crippen MR) is 71.9 cm³/mol. The number of hydrogen-bond donors (Lipinski definition) is 0. The lowest BCUT2D eigenvalue weighted by Crippen LogP contribution is -2.40. The lowest BCUT2D eigenvalue weighted by molar-refractivity contribution is 0.403. The van der Waals surface area contributed by atoms with Crippen LogP contribution in [0.2, 0.25) is 5.15 Å². The van der Waals surface area contributed by atoms with E-state index < -0.39 is 16.7 Å². The van der Waals surface area contributed by atoms with Crippen LogP contribution in [0.3, 0.4) is 0 Å². The summed E-state index contributed by atoms with van der Waals surface area (Å²) in [5.41, 5.74) is -1.79. The molecule has 2 rings (SSSR count). The van der Waals surface area contributed by atoms with Crippen molar-refractivity contribution in [3.63, 3.8) is 0 Å². The largest absolute Gasteiger partial charge is 0.331 e. The van der Waals surface area contributed by atoms with E-state index in [0.717, 1.165) is 4.57 Å². The zero-order valence-corrected chi connectivity index (χ0v) is 11.1. The highest BCUT2D eigenvalue weighted by molar-refractivity contribution is 6.29. The Hall–Kier alpha value is -2.06. The fourth-order valence-electron chi connectivity index (χ4n) is 1.97. The first-order valence-corrected chi connectivity index (χ1v) is 6.09. The van der Waals surface area contributed by atoms with E-state index in [9.17, 15) is 14.9 Å². The highest BCUT2D eigenvalue weighted by Crippen LogP contribution is 2.29. The van der Waals surface area contributed by atoms with E-state index >= 15 is 0 Å². The zero-order valence-electron chi connectivity index (χ0n) is 10.3. The lowest BCUT2D eigenvalue weighted by Gasteiger charge is -2.24. The van der Waals surface area contributed by atoms with Crippen LogP contribution in [0.25, 0.3) is 0 Å². The summed E-state index contributed by atoms with van der Waals surface area (Å²) < 4.78 is 2.22. The van der Waals surface area contributed by atoms with Crippen molar-refractivity contribution in [1.29, 1.82) is 5.26 Å². The van der Waals surface area contributed by atoms with Gasteiger partial charge in [-0.05, 0) is 6.42 Å². The van der Waals surface area contributed by atoms with Gasteiger partial charge in [0.05, 0.1) is 18.0 Å². The van der Waals surface area contributed by atoms with E-state index in [2.05, 4.69) is 6.07 Å². The molecule has 19 heavy (non-hydrogen) atoms. The Morgan fingerprint density at radius 2 is 2.21 bits per heavy atom. The number of allylic oxidation sites excluding steroid dienone is 4. The Morgan fingerprint density at radius 3 is 2.79 bits per heavy atom. The fraction of sp³-hybridized carbons (Fsp3) is 0.308. The van der Waals surface area contributed by atoms with Crippen LogP contribution < -0.4 is 11.2 Å². The Labute approximate surface area is 114 Å². The molecule has 0 aliphatic heterocycles. The van der Waals surface area contributed by atoms with Crippen LogP contribution in [-0.4, -0.2) is 9.13 Å². The van der Waals surface area contributed by atoms with Gasteiger partial charge in [0.2, 0.25) is 0 Å². The van der Waals surface area contributed by atoms with Gasteiger partial charge in [-0.3, -0.25) is 13.9 Å². The molecular formula is C13H12ClN3O2. The number of nitriles is 1. The molecule has 0 N–H and O–H groups in total. The van der Waals surface area contributed by atoms with Crippen molar-refractivity contribution in [3.8, 4) is 6.07 Å². The first kappa shape index (κ1) is 13.4. The molecule has 1 atom stereocenters. The van der Waals surface area contributed by atoms with Gasteiger partial charge in [-0.2, -0.15) is 5.26 Å². The van der Waals surface area contributed by atoms with E-state index in [-0.39, 0.29) is 11.7 Å². The van der Waals surface area contributed by atoms with E-state index in [0.29, 0.717) is 6.42 Å². The average molecular weight is 278 g/mol. The molecule has 0 saturated carbocycles. The third-order valence-corrected chi connectivity index (χ3v) is 3.47. The smallest absolute Gasteiger partial charge is 0.282 e. The second-order valence-corrected chi connectivity index (χ2v) is 4.88. The van der Waals surface area contributed by atoms with E-state index in [1.54, 1.807) is 12.2 Å². The van der Waals surface area contributed by atoms with Gasteiger partial charge in [0.25, 0.3) is 5.56 Å². The highest BCUT2D eigenvalue weighted by atomic mass is 35.5. The minimum Gasteiger partial charge on any atom is -0.282 e. The molecule has 0 bridgehead atoms. The molecular weight excluding hydrogens is 266 g/mol. The van der Waals surface area contributed by atoms with Crippen LogP contribution in [0.5, 0.6) is 0 Å². The van der Waals surface area contributed by atoms with Crippen LogP contribution >= 0.6 is 11.6 Å². The summed E-state index contributed by atoms with van der Waals surface area (Å²) in [7, 11) is 1.38. The summed E-state index contributed by atoms with van der Waals surface area (Å²) in [6.45, 7) is 0.121. The molecule has 0 radical (unpaired) electrons. The van der Waals surface area contributed by atoms with Gasteiger partial charge in [-0.15, -0.1) is 0 Å². The van der Waals surface area contributed by atoms with Crippen molar-refractivity contribution < 1.29 is 0 Å². The number of halogens is 1. The molecule has 0 aromatic carbocycles. The van der Waals surface area contributed by atoms with Crippen molar-refractivity contribution in [2.75, 3.05) is 0 Å². The molecule has 0 saturated heterocycles. The molecule has 98 valence electrons. The SMILES string of the molecule is Cn1c(=O)cc(Cl)n(CC2(C#N)C=CC=CC2)c1=O. The molecule has 1 aromatic rings. The number of rotatable bonds is 2. The van der Waals surface area contributed by atoms with Crippen molar-refractivity contribution in [2.24, 2.45) is 12.5 Å². The van der Waals surface area contributed by atoms with Gasteiger partial charge < -0.3 is 0 Å². The molecule has 1 aromatic heterocycles. The standard InChI is InChI=1S/C13H12ClN3O2/c1-16-11(18)7-10(14)17(12(16)19)9-13(8-15)5-3-2-4-6-13/h2-5,7H,6,9H2,1H3. The summed E-state index contributed by atoms with van der Waals surface area (Å²) in [6, 6.07) is 3.39. The van der Waals surface area contributed by atoms with Crippen molar-refractivity contribution in [2.45, 2.75) is 13.0 Å². The molecule has 1 aliphatic rings. The molecule has 1 heterocycles. The molecule has 6 heteroatoms. The van der Waals surface area contributed by atoms with Gasteiger partial charge in [-0.1, -0.05) is 35.9 Å². The molecule has 5 nitrogen and oxygen atoms in total. The maximum atomic E-state index is 12.0. The molecule has 0 spiro atoms. The Morgan fingerprint density at radius 1 is 1.47 bits per heavy atom. The van der Waals surface area contributed by atoms with Crippen LogP contribution in [0.1, 0.15) is 6.42 Å². The van der Waals surface area contributed by atoms with Crippen molar-refractivity contribution in [3.05, 3.63) is 56.4 Å². The molecule has 1 unspecified atom stereocenters. The highest BCUT2D eigenvalue weighted by Gasteiger charge is 2.29. The summed E-state index contributed by atoms with van der Waals surface area (Å²) >= 11 is 5.94. The second-order valence-electron chi connectivity index (χ2n) is 4.49. The van der Waals surface area contributed by atoms with Gasteiger partial charge in [0.1, 0.15) is 5.15 Å². The summed E-state index contributed by atoms with van der Waals surface area (Å²) in [5, 5.41) is 9.39. The third kappa shape index (κ3) is 2.40. The van der Waals surface area contributed by atoms with E-state index in [1.807, 2.05) is 12.2 Å². The number of hydrogen-bond acceptors (Lipinski definition) is 3. The van der Waals surface area contributed by atoms with Crippen LogP contribution in [0.4, 0.5) is 0 Å². The van der Waals surface area contributed by atoms with Gasteiger partial charge in [0.15, 0.2) is 0 Å². The molecule has 0 amide bonds. The first-order valence-electron chi connectivity index (χ1n) is 5.71. The Balaban J connectivity index is 2.51. The Bertz CT molecular complexity index is 721.